The number of benzene rings is 4. The van der Waals surface area contributed by atoms with Crippen LogP contribution >= 0.6 is 15.8 Å². The smallest absolute Gasteiger partial charge is 0.314 e. The molecule has 1 atom stereocenters. The van der Waals surface area contributed by atoms with E-state index in [9.17, 15) is 0 Å². The summed E-state index contributed by atoms with van der Waals surface area (Å²) in [5.41, 5.74) is 1.39. The summed E-state index contributed by atoms with van der Waals surface area (Å²) < 4.78 is 0. The molecular formula is C38H37FeNP2. The van der Waals surface area contributed by atoms with Crippen molar-refractivity contribution < 1.29 is 17.1 Å². The molecule has 0 radical (unpaired) electrons. The molecule has 0 bridgehead atoms. The van der Waals surface area contributed by atoms with Crippen LogP contribution in [0.3, 0.4) is 0 Å². The van der Waals surface area contributed by atoms with Crippen LogP contribution in [0.4, 0.5) is 0 Å². The first kappa shape index (κ1) is 31.8. The number of hydrogen-bond donors (Lipinski definition) is 0. The molecule has 0 saturated carbocycles. The van der Waals surface area contributed by atoms with E-state index in [1.54, 1.807) is 0 Å². The van der Waals surface area contributed by atoms with Gasteiger partial charge in [0.1, 0.15) is 0 Å². The van der Waals surface area contributed by atoms with Crippen molar-refractivity contribution in [3.63, 3.8) is 0 Å². The molecule has 0 fully saturated rings. The van der Waals surface area contributed by atoms with Crippen LogP contribution in [0, 0.1) is 0 Å². The summed E-state index contributed by atoms with van der Waals surface area (Å²) in [7, 11) is 2.94. The van der Waals surface area contributed by atoms with Crippen LogP contribution < -0.4 is 31.8 Å². The van der Waals surface area contributed by atoms with Crippen molar-refractivity contribution in [1.29, 1.82) is 0 Å². The summed E-state index contributed by atoms with van der Waals surface area (Å²) in [5.74, 6) is 0. The first-order valence-corrected chi connectivity index (χ1v) is 16.8. The molecule has 4 heteroatoms. The van der Waals surface area contributed by atoms with Gasteiger partial charge in [-0.15, -0.1) is 16.2 Å². The fraction of sp³-hybridized carbons (Fsp3) is 0.105. The van der Waals surface area contributed by atoms with E-state index >= 15 is 0 Å². The van der Waals surface area contributed by atoms with E-state index in [-0.39, 0.29) is 17.1 Å². The SMILES string of the molecule is CC([c-]1cccc1)N(C)C.[Fe+2].c1ccc(P(c2ccccc2)c2ccc[c-]2P(c2ccccc2)c2ccccc2)cc1. The molecule has 0 aliphatic rings. The molecule has 0 aromatic heterocycles. The first-order valence-electron chi connectivity index (χ1n) is 14.1. The van der Waals surface area contributed by atoms with Gasteiger partial charge in [-0.2, -0.15) is 18.2 Å². The van der Waals surface area contributed by atoms with Crippen molar-refractivity contribution in [3.8, 4) is 0 Å². The molecule has 212 valence electrons. The topological polar surface area (TPSA) is 3.24 Å². The van der Waals surface area contributed by atoms with Gasteiger partial charge in [0.15, 0.2) is 0 Å². The Labute approximate surface area is 265 Å². The number of hydrogen-bond acceptors (Lipinski definition) is 1. The minimum absolute atomic E-state index is 0. The van der Waals surface area contributed by atoms with Gasteiger partial charge >= 0.3 is 17.1 Å². The molecule has 6 rings (SSSR count). The van der Waals surface area contributed by atoms with Crippen molar-refractivity contribution in [3.05, 3.63) is 169 Å². The Hall–Kier alpha value is -3.08. The third-order valence-corrected chi connectivity index (χ3v) is 12.4. The Balaban J connectivity index is 0.000000314. The number of nitrogens with zero attached hydrogens (tertiary/aromatic N) is 1. The van der Waals surface area contributed by atoms with Crippen LogP contribution in [0.1, 0.15) is 18.5 Å². The van der Waals surface area contributed by atoms with Crippen LogP contribution in [-0.2, 0) is 17.1 Å². The molecule has 1 nitrogen and oxygen atoms in total. The fourth-order valence-corrected chi connectivity index (χ4v) is 10.2. The van der Waals surface area contributed by atoms with Crippen LogP contribution in [0.15, 0.2) is 164 Å². The molecule has 0 aliphatic heterocycles. The van der Waals surface area contributed by atoms with Gasteiger partial charge in [0.2, 0.25) is 0 Å². The summed E-state index contributed by atoms with van der Waals surface area (Å²) in [5, 5.41) is 8.51. The van der Waals surface area contributed by atoms with Gasteiger partial charge < -0.3 is 4.90 Å². The van der Waals surface area contributed by atoms with Gasteiger partial charge in [0.25, 0.3) is 0 Å². The van der Waals surface area contributed by atoms with Crippen LogP contribution in [0.2, 0.25) is 0 Å². The van der Waals surface area contributed by atoms with E-state index < -0.39 is 15.8 Å². The maximum atomic E-state index is 2.35. The zero-order chi connectivity index (χ0) is 28.4. The zero-order valence-electron chi connectivity index (χ0n) is 24.4. The van der Waals surface area contributed by atoms with Gasteiger partial charge in [-0.25, -0.2) is 24.3 Å². The Bertz CT molecular complexity index is 1390. The standard InChI is InChI=1S/C29H23P2.C9H14N.Fe/c1-5-14-24(15-6-1)30(25-16-7-2-8-17-25)28-22-13-23-29(28)31(26-18-9-3-10-19-26)27-20-11-4-12-21-27;1-8(10(2)3)9-6-4-5-7-9;/h1-23H;4-8H,1-3H3;/q2*-1;+2. The molecule has 0 amide bonds. The summed E-state index contributed by atoms with van der Waals surface area (Å²) in [6.07, 6.45) is 0. The largest absolute Gasteiger partial charge is 2.00 e. The molecule has 0 heterocycles. The number of rotatable bonds is 8. The van der Waals surface area contributed by atoms with Gasteiger partial charge in [0, 0.05) is 0 Å². The van der Waals surface area contributed by atoms with E-state index in [0.717, 1.165) is 0 Å². The molecule has 0 spiro atoms. The predicted molar refractivity (Wildman–Crippen MR) is 184 cm³/mol. The second-order valence-corrected chi connectivity index (χ2v) is 14.5. The molecule has 42 heavy (non-hydrogen) atoms. The van der Waals surface area contributed by atoms with Crippen molar-refractivity contribution in [1.82, 2.24) is 4.90 Å². The van der Waals surface area contributed by atoms with E-state index in [0.29, 0.717) is 6.04 Å². The van der Waals surface area contributed by atoms with E-state index in [1.807, 2.05) is 0 Å². The molecule has 0 aliphatic carbocycles. The Morgan fingerprint density at radius 3 is 1.31 bits per heavy atom. The van der Waals surface area contributed by atoms with Crippen molar-refractivity contribution in [2.45, 2.75) is 13.0 Å². The molecule has 0 N–H and O–H groups in total. The minimum atomic E-state index is -0.627. The minimum Gasteiger partial charge on any atom is -0.314 e. The van der Waals surface area contributed by atoms with Crippen LogP contribution in [-0.4, -0.2) is 19.0 Å². The maximum absolute atomic E-state index is 2.35. The van der Waals surface area contributed by atoms with Gasteiger partial charge in [-0.05, 0) is 49.3 Å². The van der Waals surface area contributed by atoms with Crippen molar-refractivity contribution in [2.24, 2.45) is 0 Å². The fourth-order valence-electron chi connectivity index (χ4n) is 4.91. The molecule has 6 aromatic rings. The quantitative estimate of drug-likeness (QED) is 0.101. The predicted octanol–water partition coefficient (Wildman–Crippen LogP) is 6.95. The second kappa shape index (κ2) is 16.0. The molecular weight excluding hydrogens is 588 g/mol. The van der Waals surface area contributed by atoms with Gasteiger partial charge in [-0.1, -0.05) is 136 Å². The Morgan fingerprint density at radius 1 is 0.500 bits per heavy atom. The maximum Gasteiger partial charge on any atom is 2.00 e. The molecule has 1 unspecified atom stereocenters. The van der Waals surface area contributed by atoms with E-state index in [4.69, 9.17) is 0 Å². The third kappa shape index (κ3) is 7.85. The zero-order valence-corrected chi connectivity index (χ0v) is 27.3. The normalized spacial score (nSPS) is 11.6. The summed E-state index contributed by atoms with van der Waals surface area (Å²) >= 11 is 0. The van der Waals surface area contributed by atoms with Gasteiger partial charge in [-0.3, -0.25) is 0 Å². The Kier molecular flexibility index (Phi) is 12.1. The summed E-state index contributed by atoms with van der Waals surface area (Å²) in [6, 6.07) is 59.9. The second-order valence-electron chi connectivity index (χ2n) is 10.2. The monoisotopic (exact) mass is 625 g/mol. The Morgan fingerprint density at radius 2 is 0.905 bits per heavy atom. The van der Waals surface area contributed by atoms with Crippen molar-refractivity contribution >= 4 is 47.7 Å². The molecule has 0 saturated heterocycles. The first-order chi connectivity index (χ1) is 20.1. The van der Waals surface area contributed by atoms with E-state index in [2.05, 4.69) is 190 Å². The summed E-state index contributed by atoms with van der Waals surface area (Å²) in [6.45, 7) is 2.20. The van der Waals surface area contributed by atoms with E-state index in [1.165, 1.54) is 37.4 Å². The van der Waals surface area contributed by atoms with Crippen LogP contribution in [0.5, 0.6) is 0 Å². The van der Waals surface area contributed by atoms with Gasteiger partial charge in [0.05, 0.1) is 0 Å². The summed E-state index contributed by atoms with van der Waals surface area (Å²) in [4.78, 5) is 2.20. The average Bonchev–Trinajstić information content (AvgIpc) is 3.73. The van der Waals surface area contributed by atoms with Crippen molar-refractivity contribution in [2.75, 3.05) is 14.1 Å². The molecule has 6 aromatic carbocycles. The van der Waals surface area contributed by atoms with Crippen LogP contribution in [0.25, 0.3) is 0 Å². The third-order valence-electron chi connectivity index (χ3n) is 7.26. The average molecular weight is 626 g/mol.